The number of rotatable bonds is 2. The van der Waals surface area contributed by atoms with Gasteiger partial charge in [0, 0.05) is 17.8 Å². The monoisotopic (exact) mass is 192 g/mol. The molecule has 0 aliphatic heterocycles. The summed E-state index contributed by atoms with van der Waals surface area (Å²) in [7, 11) is 0. The zero-order valence-electron chi connectivity index (χ0n) is 7.29. The maximum absolute atomic E-state index is 5.61. The summed E-state index contributed by atoms with van der Waals surface area (Å²) in [6.45, 7) is 1.22. The molecule has 0 unspecified atom stereocenters. The van der Waals surface area contributed by atoms with Crippen LogP contribution < -0.4 is 11.5 Å². The molecule has 0 spiro atoms. The highest BCUT2D eigenvalue weighted by atomic mass is 32.1. The second-order valence-corrected chi connectivity index (χ2v) is 3.91. The minimum Gasteiger partial charge on any atom is -0.326 e. The van der Waals surface area contributed by atoms with Crippen LogP contribution in [0.1, 0.15) is 11.1 Å². The summed E-state index contributed by atoms with van der Waals surface area (Å²) in [6, 6.07) is 6.31. The van der Waals surface area contributed by atoms with Crippen molar-refractivity contribution in [2.24, 2.45) is 11.5 Å². The lowest BCUT2D eigenvalue weighted by Gasteiger charge is -1.97. The van der Waals surface area contributed by atoms with Crippen molar-refractivity contribution >= 4 is 21.4 Å². The maximum Gasteiger partial charge on any atom is 0.0349 e. The van der Waals surface area contributed by atoms with E-state index in [1.165, 1.54) is 21.2 Å². The van der Waals surface area contributed by atoms with Crippen LogP contribution in [0.25, 0.3) is 10.1 Å². The fourth-order valence-corrected chi connectivity index (χ4v) is 2.45. The molecule has 2 nitrogen and oxygen atoms in total. The van der Waals surface area contributed by atoms with Gasteiger partial charge in [0.05, 0.1) is 0 Å². The molecule has 3 heteroatoms. The van der Waals surface area contributed by atoms with Crippen LogP contribution in [0, 0.1) is 0 Å². The highest BCUT2D eigenvalue weighted by molar-refractivity contribution is 7.17. The van der Waals surface area contributed by atoms with Gasteiger partial charge in [-0.1, -0.05) is 12.1 Å². The van der Waals surface area contributed by atoms with Crippen molar-refractivity contribution in [1.29, 1.82) is 0 Å². The Bertz CT molecular complexity index is 420. The van der Waals surface area contributed by atoms with E-state index in [4.69, 9.17) is 11.5 Å². The van der Waals surface area contributed by atoms with Crippen molar-refractivity contribution in [1.82, 2.24) is 0 Å². The van der Waals surface area contributed by atoms with Gasteiger partial charge in [0.1, 0.15) is 0 Å². The van der Waals surface area contributed by atoms with E-state index in [2.05, 4.69) is 23.6 Å². The topological polar surface area (TPSA) is 52.0 Å². The Morgan fingerprint density at radius 2 is 2.00 bits per heavy atom. The van der Waals surface area contributed by atoms with Crippen LogP contribution in [0.15, 0.2) is 23.6 Å². The molecule has 4 N–H and O–H groups in total. The van der Waals surface area contributed by atoms with Gasteiger partial charge in [0.25, 0.3) is 0 Å². The first-order valence-electron chi connectivity index (χ1n) is 4.24. The lowest BCUT2D eigenvalue weighted by molar-refractivity contribution is 1.07. The number of hydrogen-bond acceptors (Lipinski definition) is 3. The summed E-state index contributed by atoms with van der Waals surface area (Å²) in [6.07, 6.45) is 0. The van der Waals surface area contributed by atoms with Crippen LogP contribution in [0.4, 0.5) is 0 Å². The highest BCUT2D eigenvalue weighted by Crippen LogP contribution is 2.26. The van der Waals surface area contributed by atoms with Gasteiger partial charge in [0.2, 0.25) is 0 Å². The number of benzene rings is 1. The Morgan fingerprint density at radius 3 is 2.69 bits per heavy atom. The van der Waals surface area contributed by atoms with Crippen molar-refractivity contribution in [2.75, 3.05) is 0 Å². The molecule has 13 heavy (non-hydrogen) atoms. The van der Waals surface area contributed by atoms with Crippen LogP contribution in [0.5, 0.6) is 0 Å². The summed E-state index contributed by atoms with van der Waals surface area (Å²) in [4.78, 5) is 0. The smallest absolute Gasteiger partial charge is 0.0349 e. The largest absolute Gasteiger partial charge is 0.326 e. The predicted molar refractivity (Wildman–Crippen MR) is 57.6 cm³/mol. The summed E-state index contributed by atoms with van der Waals surface area (Å²) >= 11 is 1.73. The Hall–Kier alpha value is -0.900. The summed E-state index contributed by atoms with van der Waals surface area (Å²) in [5.74, 6) is 0. The van der Waals surface area contributed by atoms with E-state index in [0.29, 0.717) is 13.1 Å². The number of hydrogen-bond donors (Lipinski definition) is 2. The van der Waals surface area contributed by atoms with E-state index < -0.39 is 0 Å². The first-order valence-corrected chi connectivity index (χ1v) is 5.12. The first kappa shape index (κ1) is 8.69. The standard InChI is InChI=1S/C10H12N2S/c11-4-7-1-2-9-8(5-12)6-13-10(9)3-7/h1-3,6H,4-5,11-12H2. The van der Waals surface area contributed by atoms with Gasteiger partial charge in [0.15, 0.2) is 0 Å². The minimum atomic E-state index is 0.603. The number of thiophene rings is 1. The molecule has 0 aliphatic carbocycles. The van der Waals surface area contributed by atoms with Crippen LogP contribution >= 0.6 is 11.3 Å². The molecule has 0 amide bonds. The molecule has 0 fully saturated rings. The molecule has 2 rings (SSSR count). The van der Waals surface area contributed by atoms with Crippen molar-refractivity contribution in [3.05, 3.63) is 34.7 Å². The van der Waals surface area contributed by atoms with Gasteiger partial charge in [-0.2, -0.15) is 0 Å². The van der Waals surface area contributed by atoms with Gasteiger partial charge in [-0.25, -0.2) is 0 Å². The molecule has 0 saturated carbocycles. The Kier molecular flexibility index (Phi) is 2.31. The molecule has 68 valence electrons. The van der Waals surface area contributed by atoms with Crippen molar-refractivity contribution in [3.63, 3.8) is 0 Å². The summed E-state index contributed by atoms with van der Waals surface area (Å²) < 4.78 is 1.28. The summed E-state index contributed by atoms with van der Waals surface area (Å²) in [5.41, 5.74) is 13.6. The number of fused-ring (bicyclic) bond motifs is 1. The third-order valence-corrected chi connectivity index (χ3v) is 3.17. The van der Waals surface area contributed by atoms with E-state index in [1.54, 1.807) is 11.3 Å². The summed E-state index contributed by atoms with van der Waals surface area (Å²) in [5, 5.41) is 3.38. The van der Waals surface area contributed by atoms with E-state index >= 15 is 0 Å². The van der Waals surface area contributed by atoms with Gasteiger partial charge in [-0.3, -0.25) is 0 Å². The van der Waals surface area contributed by atoms with Crippen LogP contribution in [-0.2, 0) is 13.1 Å². The second-order valence-electron chi connectivity index (χ2n) is 3.00. The van der Waals surface area contributed by atoms with Crippen LogP contribution in [-0.4, -0.2) is 0 Å². The molecule has 0 saturated heterocycles. The van der Waals surface area contributed by atoms with Crippen molar-refractivity contribution in [2.45, 2.75) is 13.1 Å². The van der Waals surface area contributed by atoms with E-state index in [-0.39, 0.29) is 0 Å². The first-order chi connectivity index (χ1) is 6.35. The highest BCUT2D eigenvalue weighted by Gasteiger charge is 2.02. The molecule has 2 aromatic rings. The third kappa shape index (κ3) is 1.46. The molecule has 0 radical (unpaired) electrons. The molecular formula is C10H12N2S. The molecule has 1 heterocycles. The second kappa shape index (κ2) is 3.46. The Labute approximate surface area is 81.2 Å². The quantitative estimate of drug-likeness (QED) is 0.762. The van der Waals surface area contributed by atoms with E-state index in [9.17, 15) is 0 Å². The number of nitrogens with two attached hydrogens (primary N) is 2. The normalized spacial score (nSPS) is 10.9. The van der Waals surface area contributed by atoms with Gasteiger partial charge in [-0.15, -0.1) is 11.3 Å². The van der Waals surface area contributed by atoms with Crippen LogP contribution in [0.2, 0.25) is 0 Å². The minimum absolute atomic E-state index is 0.603. The van der Waals surface area contributed by atoms with Gasteiger partial charge < -0.3 is 11.5 Å². The molecule has 1 aromatic carbocycles. The SMILES string of the molecule is NCc1ccc2c(CN)csc2c1. The third-order valence-electron chi connectivity index (χ3n) is 2.18. The molecule has 0 bridgehead atoms. The van der Waals surface area contributed by atoms with Gasteiger partial charge in [-0.05, 0) is 28.0 Å². The molecular weight excluding hydrogens is 180 g/mol. The maximum atomic E-state index is 5.61. The lowest BCUT2D eigenvalue weighted by Crippen LogP contribution is -1.96. The Morgan fingerprint density at radius 1 is 1.15 bits per heavy atom. The average Bonchev–Trinajstić information content (AvgIpc) is 2.59. The van der Waals surface area contributed by atoms with Crippen molar-refractivity contribution in [3.8, 4) is 0 Å². The fraction of sp³-hybridized carbons (Fsp3) is 0.200. The van der Waals surface area contributed by atoms with Crippen LogP contribution in [0.3, 0.4) is 0 Å². The molecule has 1 aromatic heterocycles. The van der Waals surface area contributed by atoms with E-state index in [0.717, 1.165) is 0 Å². The molecule has 0 atom stereocenters. The lowest BCUT2D eigenvalue weighted by atomic mass is 10.1. The average molecular weight is 192 g/mol. The van der Waals surface area contributed by atoms with Gasteiger partial charge >= 0.3 is 0 Å². The van der Waals surface area contributed by atoms with E-state index in [1.807, 2.05) is 0 Å². The zero-order chi connectivity index (χ0) is 9.26. The molecule has 0 aliphatic rings. The predicted octanol–water partition coefficient (Wildman–Crippen LogP) is 1.82. The zero-order valence-corrected chi connectivity index (χ0v) is 8.10. The van der Waals surface area contributed by atoms with Crippen molar-refractivity contribution < 1.29 is 0 Å². The fourth-order valence-electron chi connectivity index (χ4n) is 1.41. The Balaban J connectivity index is 2.61.